The molecule has 1 nitrogen and oxygen atoms in total. The van der Waals surface area contributed by atoms with Crippen LogP contribution in [0.4, 0.5) is 0 Å². The Hall–Kier alpha value is -0.240. The molecule has 0 atom stereocenters. The van der Waals surface area contributed by atoms with Crippen molar-refractivity contribution in [2.75, 3.05) is 6.54 Å². The van der Waals surface area contributed by atoms with Crippen LogP contribution in [-0.2, 0) is 6.42 Å². The van der Waals surface area contributed by atoms with Crippen LogP contribution >= 0.6 is 23.2 Å². The van der Waals surface area contributed by atoms with Crippen molar-refractivity contribution >= 4 is 23.2 Å². The van der Waals surface area contributed by atoms with Crippen LogP contribution in [0, 0.1) is 5.41 Å². The van der Waals surface area contributed by atoms with Crippen LogP contribution in [-0.4, -0.2) is 6.54 Å². The van der Waals surface area contributed by atoms with Crippen molar-refractivity contribution in [2.24, 2.45) is 11.1 Å². The first-order chi connectivity index (χ1) is 6.96. The van der Waals surface area contributed by atoms with Gasteiger partial charge >= 0.3 is 0 Å². The van der Waals surface area contributed by atoms with Gasteiger partial charge in [-0.2, -0.15) is 0 Å². The Morgan fingerprint density at radius 1 is 1.27 bits per heavy atom. The first-order valence-corrected chi connectivity index (χ1v) is 5.85. The molecule has 0 radical (unpaired) electrons. The molecule has 0 fully saturated rings. The van der Waals surface area contributed by atoms with E-state index in [0.717, 1.165) is 18.4 Å². The Balaban J connectivity index is 2.85. The molecule has 3 heteroatoms. The number of hydrogen-bond acceptors (Lipinski definition) is 1. The molecule has 0 bridgehead atoms. The highest BCUT2D eigenvalue weighted by Crippen LogP contribution is 2.32. The zero-order valence-electron chi connectivity index (χ0n) is 9.19. The zero-order chi connectivity index (χ0) is 11.5. The second-order valence-corrected chi connectivity index (χ2v) is 5.38. The number of halogens is 2. The molecule has 1 aromatic rings. The highest BCUT2D eigenvalue weighted by Gasteiger charge is 2.19. The molecule has 1 rings (SSSR count). The van der Waals surface area contributed by atoms with Gasteiger partial charge in [-0.25, -0.2) is 0 Å². The van der Waals surface area contributed by atoms with Crippen molar-refractivity contribution in [3.05, 3.63) is 33.8 Å². The van der Waals surface area contributed by atoms with E-state index in [4.69, 9.17) is 28.9 Å². The molecular weight excluding hydrogens is 229 g/mol. The normalized spacial score (nSPS) is 11.8. The number of rotatable bonds is 4. The quantitative estimate of drug-likeness (QED) is 0.856. The Bertz CT molecular complexity index is 334. The number of hydrogen-bond donors (Lipinski definition) is 1. The second-order valence-electron chi connectivity index (χ2n) is 4.59. The van der Waals surface area contributed by atoms with E-state index in [1.807, 2.05) is 18.2 Å². The smallest absolute Gasteiger partial charge is 0.0624 e. The average Bonchev–Trinajstić information content (AvgIpc) is 2.12. The molecule has 0 aliphatic heterocycles. The monoisotopic (exact) mass is 245 g/mol. The Kier molecular flexibility index (Phi) is 4.45. The van der Waals surface area contributed by atoms with E-state index in [-0.39, 0.29) is 5.41 Å². The minimum atomic E-state index is 0.170. The number of nitrogens with two attached hydrogens (primary N) is 1. The molecule has 0 amide bonds. The first kappa shape index (κ1) is 12.8. The molecule has 0 saturated carbocycles. The van der Waals surface area contributed by atoms with Crippen LogP contribution in [0.25, 0.3) is 0 Å². The van der Waals surface area contributed by atoms with E-state index >= 15 is 0 Å². The Labute approximate surface area is 102 Å². The molecule has 0 aliphatic carbocycles. The molecule has 0 spiro atoms. The lowest BCUT2D eigenvalue weighted by molar-refractivity contribution is 0.339. The summed E-state index contributed by atoms with van der Waals surface area (Å²) in [7, 11) is 0. The molecule has 2 N–H and O–H groups in total. The summed E-state index contributed by atoms with van der Waals surface area (Å²) in [5.41, 5.74) is 6.85. The zero-order valence-corrected chi connectivity index (χ0v) is 10.7. The van der Waals surface area contributed by atoms with Gasteiger partial charge in [-0.15, -0.1) is 0 Å². The summed E-state index contributed by atoms with van der Waals surface area (Å²) in [4.78, 5) is 0. The third-order valence-corrected chi connectivity index (χ3v) is 3.38. The topological polar surface area (TPSA) is 26.0 Å². The van der Waals surface area contributed by atoms with Crippen molar-refractivity contribution in [3.8, 4) is 0 Å². The van der Waals surface area contributed by atoms with Gasteiger partial charge in [-0.1, -0.05) is 49.2 Å². The van der Waals surface area contributed by atoms with E-state index in [1.54, 1.807) is 0 Å². The Morgan fingerprint density at radius 2 is 1.93 bits per heavy atom. The predicted octanol–water partition coefficient (Wildman–Crippen LogP) is 3.91. The van der Waals surface area contributed by atoms with E-state index in [1.165, 1.54) is 0 Å². The summed E-state index contributed by atoms with van der Waals surface area (Å²) >= 11 is 12.1. The standard InChI is InChI=1S/C12H17Cl2N/c1-12(2,6-7-15)8-9-4-3-5-10(13)11(9)14/h3-5H,6-8,15H2,1-2H3. The van der Waals surface area contributed by atoms with Crippen LogP contribution < -0.4 is 5.73 Å². The van der Waals surface area contributed by atoms with Crippen molar-refractivity contribution in [1.82, 2.24) is 0 Å². The third-order valence-electron chi connectivity index (χ3n) is 2.52. The van der Waals surface area contributed by atoms with E-state index in [2.05, 4.69) is 13.8 Å². The summed E-state index contributed by atoms with van der Waals surface area (Å²) in [6.45, 7) is 5.08. The lowest BCUT2D eigenvalue weighted by Crippen LogP contribution is -2.19. The molecule has 0 heterocycles. The fourth-order valence-electron chi connectivity index (χ4n) is 1.68. The summed E-state index contributed by atoms with van der Waals surface area (Å²) in [6, 6.07) is 5.76. The van der Waals surface area contributed by atoms with E-state index in [9.17, 15) is 0 Å². The SMILES string of the molecule is CC(C)(CCN)Cc1cccc(Cl)c1Cl. The van der Waals surface area contributed by atoms with Crippen LogP contribution in [0.3, 0.4) is 0 Å². The van der Waals surface area contributed by atoms with Gasteiger partial charge in [0.15, 0.2) is 0 Å². The van der Waals surface area contributed by atoms with Crippen molar-refractivity contribution in [1.29, 1.82) is 0 Å². The lowest BCUT2D eigenvalue weighted by atomic mass is 9.83. The van der Waals surface area contributed by atoms with Gasteiger partial charge in [0.2, 0.25) is 0 Å². The summed E-state index contributed by atoms with van der Waals surface area (Å²) < 4.78 is 0. The van der Waals surface area contributed by atoms with Crippen molar-refractivity contribution < 1.29 is 0 Å². The highest BCUT2D eigenvalue weighted by atomic mass is 35.5. The minimum absolute atomic E-state index is 0.170. The van der Waals surface area contributed by atoms with Crippen LogP contribution in [0.2, 0.25) is 10.0 Å². The summed E-state index contributed by atoms with van der Waals surface area (Å²) in [6.07, 6.45) is 1.89. The Morgan fingerprint density at radius 3 is 2.53 bits per heavy atom. The van der Waals surface area contributed by atoms with Gasteiger partial charge in [0.1, 0.15) is 0 Å². The molecule has 15 heavy (non-hydrogen) atoms. The van der Waals surface area contributed by atoms with Crippen LogP contribution in [0.5, 0.6) is 0 Å². The second kappa shape index (κ2) is 5.20. The van der Waals surface area contributed by atoms with Crippen LogP contribution in [0.15, 0.2) is 18.2 Å². The summed E-state index contributed by atoms with van der Waals surface area (Å²) in [5.74, 6) is 0. The molecule has 0 aromatic heterocycles. The fraction of sp³-hybridized carbons (Fsp3) is 0.500. The minimum Gasteiger partial charge on any atom is -0.330 e. The predicted molar refractivity (Wildman–Crippen MR) is 67.6 cm³/mol. The van der Waals surface area contributed by atoms with Gasteiger partial charge in [0.25, 0.3) is 0 Å². The third kappa shape index (κ3) is 3.67. The number of benzene rings is 1. The lowest BCUT2D eigenvalue weighted by Gasteiger charge is -2.24. The van der Waals surface area contributed by atoms with Gasteiger partial charge in [-0.05, 0) is 36.4 Å². The molecular formula is C12H17Cl2N. The maximum atomic E-state index is 6.14. The van der Waals surface area contributed by atoms with Crippen molar-refractivity contribution in [3.63, 3.8) is 0 Å². The fourth-order valence-corrected chi connectivity index (χ4v) is 2.07. The van der Waals surface area contributed by atoms with Gasteiger partial charge in [0.05, 0.1) is 10.0 Å². The summed E-state index contributed by atoms with van der Waals surface area (Å²) in [5, 5.41) is 1.29. The van der Waals surface area contributed by atoms with E-state index < -0.39 is 0 Å². The van der Waals surface area contributed by atoms with E-state index in [0.29, 0.717) is 16.6 Å². The first-order valence-electron chi connectivity index (χ1n) is 5.09. The molecule has 0 saturated heterocycles. The largest absolute Gasteiger partial charge is 0.330 e. The van der Waals surface area contributed by atoms with Gasteiger partial charge < -0.3 is 5.73 Å². The van der Waals surface area contributed by atoms with Gasteiger partial charge in [-0.3, -0.25) is 0 Å². The maximum Gasteiger partial charge on any atom is 0.0624 e. The highest BCUT2D eigenvalue weighted by molar-refractivity contribution is 6.42. The molecule has 0 unspecified atom stereocenters. The molecule has 0 aliphatic rings. The maximum absolute atomic E-state index is 6.14. The van der Waals surface area contributed by atoms with Crippen molar-refractivity contribution in [2.45, 2.75) is 26.7 Å². The van der Waals surface area contributed by atoms with Crippen LogP contribution in [0.1, 0.15) is 25.8 Å². The average molecular weight is 246 g/mol. The van der Waals surface area contributed by atoms with Gasteiger partial charge in [0, 0.05) is 0 Å². The molecule has 84 valence electrons. The molecule has 1 aromatic carbocycles.